The van der Waals surface area contributed by atoms with Crippen LogP contribution in [0.4, 0.5) is 0 Å². The predicted octanol–water partition coefficient (Wildman–Crippen LogP) is 1.63. The summed E-state index contributed by atoms with van der Waals surface area (Å²) in [7, 11) is 0. The van der Waals surface area contributed by atoms with Crippen LogP contribution >= 0.6 is 0 Å². The van der Waals surface area contributed by atoms with E-state index in [2.05, 4.69) is 24.5 Å². The Morgan fingerprint density at radius 3 is 2.05 bits per heavy atom. The Bertz CT molecular complexity index is 290. The molecule has 0 aromatic rings. The van der Waals surface area contributed by atoms with Gasteiger partial charge in [-0.1, -0.05) is 27.7 Å². The maximum absolute atomic E-state index is 11.8. The molecular formula is C14H28N2O3. The Kier molecular flexibility index (Phi) is 8.39. The maximum atomic E-state index is 11.8. The molecule has 0 spiro atoms. The van der Waals surface area contributed by atoms with Crippen molar-refractivity contribution in [3.8, 4) is 0 Å². The van der Waals surface area contributed by atoms with Crippen LogP contribution in [0.15, 0.2) is 0 Å². The van der Waals surface area contributed by atoms with Gasteiger partial charge in [0.25, 0.3) is 0 Å². The Morgan fingerprint density at radius 1 is 1.05 bits per heavy atom. The molecule has 5 heteroatoms. The lowest BCUT2D eigenvalue weighted by Crippen LogP contribution is -2.50. The van der Waals surface area contributed by atoms with Crippen LogP contribution in [0.1, 0.15) is 47.5 Å². The molecule has 0 aromatic heterocycles. The smallest absolute Gasteiger partial charge is 0.320 e. The molecule has 2 unspecified atom stereocenters. The summed E-state index contributed by atoms with van der Waals surface area (Å²) in [6.45, 7) is 10.4. The van der Waals surface area contributed by atoms with Gasteiger partial charge in [-0.05, 0) is 31.6 Å². The zero-order valence-electron chi connectivity index (χ0n) is 12.7. The summed E-state index contributed by atoms with van der Waals surface area (Å²) in [6, 6.07) is -1.17. The quantitative estimate of drug-likeness (QED) is 0.596. The fourth-order valence-corrected chi connectivity index (χ4v) is 1.73. The summed E-state index contributed by atoms with van der Waals surface area (Å²) in [5, 5.41) is 14.8. The molecule has 0 saturated heterocycles. The lowest BCUT2D eigenvalue weighted by atomic mass is 10.0. The van der Waals surface area contributed by atoms with Crippen molar-refractivity contribution in [1.29, 1.82) is 0 Å². The molecule has 0 saturated carbocycles. The average Bonchev–Trinajstić information content (AvgIpc) is 2.26. The minimum atomic E-state index is -0.907. The van der Waals surface area contributed by atoms with E-state index in [1.165, 1.54) is 0 Å². The third-order valence-electron chi connectivity index (χ3n) is 2.87. The van der Waals surface area contributed by atoms with Gasteiger partial charge in [0.05, 0.1) is 6.04 Å². The molecule has 112 valence electrons. The van der Waals surface area contributed by atoms with E-state index in [0.717, 1.165) is 6.42 Å². The topological polar surface area (TPSA) is 78.4 Å². The van der Waals surface area contributed by atoms with E-state index in [-0.39, 0.29) is 11.8 Å². The molecule has 0 rings (SSSR count). The minimum Gasteiger partial charge on any atom is -0.480 e. The SMILES string of the molecule is CC(C)CCNC(=O)C(C)NC(CC(C)C)C(=O)O. The standard InChI is InChI=1S/C14H28N2O3/c1-9(2)6-7-15-13(17)11(5)16-12(14(18)19)8-10(3)4/h9-12,16H,6-8H2,1-5H3,(H,15,17)(H,18,19). The number of hydrogen-bond donors (Lipinski definition) is 3. The second kappa shape index (κ2) is 8.91. The Labute approximate surface area is 116 Å². The summed E-state index contributed by atoms with van der Waals surface area (Å²) >= 11 is 0. The highest BCUT2D eigenvalue weighted by molar-refractivity contribution is 5.82. The van der Waals surface area contributed by atoms with Crippen LogP contribution < -0.4 is 10.6 Å². The highest BCUT2D eigenvalue weighted by Crippen LogP contribution is 2.06. The molecular weight excluding hydrogens is 244 g/mol. The summed E-state index contributed by atoms with van der Waals surface area (Å²) < 4.78 is 0. The monoisotopic (exact) mass is 272 g/mol. The lowest BCUT2D eigenvalue weighted by Gasteiger charge is -2.21. The van der Waals surface area contributed by atoms with Gasteiger partial charge in [-0.15, -0.1) is 0 Å². The van der Waals surface area contributed by atoms with Crippen molar-refractivity contribution in [2.24, 2.45) is 11.8 Å². The number of carbonyl (C=O) groups excluding carboxylic acids is 1. The number of carboxylic acids is 1. The molecule has 3 N–H and O–H groups in total. The maximum Gasteiger partial charge on any atom is 0.320 e. The second-order valence-electron chi connectivity index (χ2n) is 5.88. The average molecular weight is 272 g/mol. The molecule has 0 heterocycles. The summed E-state index contributed by atoms with van der Waals surface area (Å²) in [4.78, 5) is 22.9. The van der Waals surface area contributed by atoms with Crippen LogP contribution in [0.2, 0.25) is 0 Å². The number of carbonyl (C=O) groups is 2. The molecule has 0 fully saturated rings. The van der Waals surface area contributed by atoms with Crippen LogP contribution in [0.5, 0.6) is 0 Å². The number of rotatable bonds is 9. The van der Waals surface area contributed by atoms with Crippen LogP contribution in [0.25, 0.3) is 0 Å². The van der Waals surface area contributed by atoms with Gasteiger partial charge in [0.2, 0.25) is 5.91 Å². The van der Waals surface area contributed by atoms with Gasteiger partial charge in [-0.2, -0.15) is 0 Å². The molecule has 0 aliphatic rings. The van der Waals surface area contributed by atoms with E-state index in [1.54, 1.807) is 6.92 Å². The normalized spacial score (nSPS) is 14.5. The zero-order chi connectivity index (χ0) is 15.0. The summed E-state index contributed by atoms with van der Waals surface area (Å²) in [5.74, 6) is -0.243. The van der Waals surface area contributed by atoms with Gasteiger partial charge in [0.15, 0.2) is 0 Å². The molecule has 0 bridgehead atoms. The van der Waals surface area contributed by atoms with Gasteiger partial charge < -0.3 is 10.4 Å². The number of hydrogen-bond acceptors (Lipinski definition) is 3. The third kappa shape index (κ3) is 8.59. The molecule has 0 aliphatic carbocycles. The van der Waals surface area contributed by atoms with E-state index in [9.17, 15) is 9.59 Å². The van der Waals surface area contributed by atoms with Gasteiger partial charge in [0, 0.05) is 6.54 Å². The number of amides is 1. The first-order chi connectivity index (χ1) is 8.73. The highest BCUT2D eigenvalue weighted by atomic mass is 16.4. The first kappa shape index (κ1) is 17.9. The van der Waals surface area contributed by atoms with Gasteiger partial charge in [-0.25, -0.2) is 0 Å². The van der Waals surface area contributed by atoms with E-state index in [0.29, 0.717) is 18.9 Å². The molecule has 0 aliphatic heterocycles. The zero-order valence-corrected chi connectivity index (χ0v) is 12.7. The van der Waals surface area contributed by atoms with Crippen LogP contribution in [-0.4, -0.2) is 35.6 Å². The van der Waals surface area contributed by atoms with E-state index >= 15 is 0 Å². The van der Waals surface area contributed by atoms with Gasteiger partial charge >= 0.3 is 5.97 Å². The minimum absolute atomic E-state index is 0.143. The third-order valence-corrected chi connectivity index (χ3v) is 2.87. The predicted molar refractivity (Wildman–Crippen MR) is 75.9 cm³/mol. The molecule has 2 atom stereocenters. The van der Waals surface area contributed by atoms with Crippen molar-refractivity contribution in [3.05, 3.63) is 0 Å². The second-order valence-corrected chi connectivity index (χ2v) is 5.88. The summed E-state index contributed by atoms with van der Waals surface area (Å²) in [6.07, 6.45) is 1.44. The van der Waals surface area contributed by atoms with Gasteiger partial charge in [0.1, 0.15) is 6.04 Å². The first-order valence-electron chi connectivity index (χ1n) is 7.00. The number of aliphatic carboxylic acids is 1. The van der Waals surface area contributed by atoms with E-state index < -0.39 is 18.1 Å². The largest absolute Gasteiger partial charge is 0.480 e. The first-order valence-corrected chi connectivity index (χ1v) is 7.00. The number of nitrogens with one attached hydrogen (secondary N) is 2. The number of carboxylic acid groups (broad SMARTS) is 1. The summed E-state index contributed by atoms with van der Waals surface area (Å²) in [5.41, 5.74) is 0. The van der Waals surface area contributed by atoms with Crippen molar-refractivity contribution in [3.63, 3.8) is 0 Å². The molecule has 0 radical (unpaired) electrons. The van der Waals surface area contributed by atoms with Crippen LogP contribution in [0, 0.1) is 11.8 Å². The van der Waals surface area contributed by atoms with Crippen LogP contribution in [0.3, 0.4) is 0 Å². The van der Waals surface area contributed by atoms with Crippen molar-refractivity contribution in [2.45, 2.75) is 59.5 Å². The Hall–Kier alpha value is -1.10. The van der Waals surface area contributed by atoms with E-state index in [4.69, 9.17) is 5.11 Å². The van der Waals surface area contributed by atoms with Crippen molar-refractivity contribution in [2.75, 3.05) is 6.54 Å². The van der Waals surface area contributed by atoms with Crippen molar-refractivity contribution < 1.29 is 14.7 Å². The Morgan fingerprint density at radius 2 is 1.63 bits per heavy atom. The van der Waals surface area contributed by atoms with Crippen molar-refractivity contribution >= 4 is 11.9 Å². The fourth-order valence-electron chi connectivity index (χ4n) is 1.73. The Balaban J connectivity index is 4.19. The van der Waals surface area contributed by atoms with E-state index in [1.807, 2.05) is 13.8 Å². The fraction of sp³-hybridized carbons (Fsp3) is 0.857. The molecule has 0 aromatic carbocycles. The van der Waals surface area contributed by atoms with Crippen molar-refractivity contribution in [1.82, 2.24) is 10.6 Å². The molecule has 19 heavy (non-hydrogen) atoms. The molecule has 1 amide bonds. The molecule has 5 nitrogen and oxygen atoms in total. The lowest BCUT2D eigenvalue weighted by molar-refractivity contribution is -0.140. The van der Waals surface area contributed by atoms with Gasteiger partial charge in [-0.3, -0.25) is 14.9 Å². The van der Waals surface area contributed by atoms with Crippen LogP contribution in [-0.2, 0) is 9.59 Å². The highest BCUT2D eigenvalue weighted by Gasteiger charge is 2.23.